The van der Waals surface area contributed by atoms with Crippen molar-refractivity contribution < 1.29 is 24.5 Å². The van der Waals surface area contributed by atoms with Crippen LogP contribution in [-0.4, -0.2) is 17.0 Å². The van der Waals surface area contributed by atoms with Crippen molar-refractivity contribution in [3.8, 4) is 0 Å². The predicted octanol–water partition coefficient (Wildman–Crippen LogP) is 2.87. The van der Waals surface area contributed by atoms with Gasteiger partial charge >= 0.3 is 5.97 Å². The van der Waals surface area contributed by atoms with Crippen molar-refractivity contribution in [2.45, 2.75) is 19.1 Å². The van der Waals surface area contributed by atoms with Gasteiger partial charge in [0.1, 0.15) is 0 Å². The van der Waals surface area contributed by atoms with E-state index in [1.54, 1.807) is 55.5 Å². The molecular weight excluding hydrogens is 284 g/mol. The lowest BCUT2D eigenvalue weighted by Crippen LogP contribution is -2.41. The average Bonchev–Trinajstić information content (AvgIpc) is 2.58. The molecule has 0 amide bonds. The highest BCUT2D eigenvalue weighted by molar-refractivity contribution is 6.13. The van der Waals surface area contributed by atoms with Crippen LogP contribution >= 0.6 is 0 Å². The Balaban J connectivity index is 2.31. The summed E-state index contributed by atoms with van der Waals surface area (Å²) < 4.78 is 5.42. The Morgan fingerprint density at radius 1 is 1.05 bits per heavy atom. The molecule has 22 heavy (non-hydrogen) atoms. The molecule has 0 heterocycles. The number of carbonyl (C=O) groups excluding carboxylic acids is 2. The SMILES string of the molecule is CCC(=O)OC1(OO)c2ccccc2C(=O)c2ccccc21. The Bertz CT molecular complexity index is 701. The third-order valence-corrected chi connectivity index (χ3v) is 3.73. The third kappa shape index (κ3) is 1.94. The maximum atomic E-state index is 12.6. The number of carbonyl (C=O) groups is 2. The Morgan fingerprint density at radius 2 is 1.55 bits per heavy atom. The largest absolute Gasteiger partial charge is 0.421 e. The van der Waals surface area contributed by atoms with Crippen molar-refractivity contribution >= 4 is 11.8 Å². The minimum absolute atomic E-state index is 0.114. The van der Waals surface area contributed by atoms with Crippen molar-refractivity contribution in [3.05, 3.63) is 70.8 Å². The number of ketones is 1. The van der Waals surface area contributed by atoms with Crippen LogP contribution in [0.15, 0.2) is 48.5 Å². The number of esters is 1. The van der Waals surface area contributed by atoms with Gasteiger partial charge in [-0.05, 0) is 0 Å². The topological polar surface area (TPSA) is 72.8 Å². The van der Waals surface area contributed by atoms with E-state index in [1.165, 1.54) is 0 Å². The number of hydrogen-bond acceptors (Lipinski definition) is 5. The number of benzene rings is 2. The van der Waals surface area contributed by atoms with E-state index in [0.717, 1.165) is 0 Å². The quantitative estimate of drug-likeness (QED) is 0.408. The molecule has 0 spiro atoms. The second-order valence-corrected chi connectivity index (χ2v) is 4.96. The van der Waals surface area contributed by atoms with Crippen molar-refractivity contribution in [2.24, 2.45) is 0 Å². The molecule has 2 aromatic carbocycles. The van der Waals surface area contributed by atoms with Crippen molar-refractivity contribution in [3.63, 3.8) is 0 Å². The monoisotopic (exact) mass is 298 g/mol. The van der Waals surface area contributed by atoms with E-state index in [9.17, 15) is 14.8 Å². The minimum atomic E-state index is -1.83. The summed E-state index contributed by atoms with van der Waals surface area (Å²) in [6.07, 6.45) is 0.114. The van der Waals surface area contributed by atoms with Crippen LogP contribution in [0.2, 0.25) is 0 Å². The molecule has 1 aliphatic rings. The van der Waals surface area contributed by atoms with Crippen LogP contribution in [0.1, 0.15) is 40.4 Å². The maximum Gasteiger partial charge on any atom is 0.308 e. The standard InChI is InChI=1S/C17H14O5/c1-2-15(18)21-17(22-20)13-9-5-3-7-11(13)16(19)12-8-4-6-10-14(12)17/h3-10,20H,2H2,1H3. The smallest absolute Gasteiger partial charge is 0.308 e. The van der Waals surface area contributed by atoms with Gasteiger partial charge < -0.3 is 4.74 Å². The zero-order valence-electron chi connectivity index (χ0n) is 11.9. The summed E-state index contributed by atoms with van der Waals surface area (Å²) in [5.41, 5.74) is 1.28. The highest BCUT2D eigenvalue weighted by Crippen LogP contribution is 2.43. The molecule has 0 saturated heterocycles. The van der Waals surface area contributed by atoms with E-state index >= 15 is 0 Å². The third-order valence-electron chi connectivity index (χ3n) is 3.73. The Kier molecular flexibility index (Phi) is 3.52. The number of rotatable bonds is 3. The normalized spacial score (nSPS) is 14.9. The molecule has 0 bridgehead atoms. The summed E-state index contributed by atoms with van der Waals surface area (Å²) in [6.45, 7) is 1.64. The molecule has 0 saturated carbocycles. The molecule has 0 fully saturated rings. The molecule has 0 aromatic heterocycles. The van der Waals surface area contributed by atoms with Crippen molar-refractivity contribution in [1.29, 1.82) is 0 Å². The lowest BCUT2D eigenvalue weighted by atomic mass is 9.80. The highest BCUT2D eigenvalue weighted by atomic mass is 17.1. The molecule has 1 N–H and O–H groups in total. The lowest BCUT2D eigenvalue weighted by Gasteiger charge is -2.36. The summed E-state index contributed by atoms with van der Waals surface area (Å²) in [7, 11) is 0. The average molecular weight is 298 g/mol. The summed E-state index contributed by atoms with van der Waals surface area (Å²) >= 11 is 0. The van der Waals surface area contributed by atoms with Crippen LogP contribution in [0.25, 0.3) is 0 Å². The van der Waals surface area contributed by atoms with Gasteiger partial charge in [-0.2, -0.15) is 4.89 Å². The lowest BCUT2D eigenvalue weighted by molar-refractivity contribution is -0.384. The molecule has 1 aliphatic carbocycles. The van der Waals surface area contributed by atoms with Gasteiger partial charge in [-0.15, -0.1) is 0 Å². The van der Waals surface area contributed by atoms with E-state index in [-0.39, 0.29) is 12.2 Å². The van der Waals surface area contributed by atoms with E-state index in [4.69, 9.17) is 4.74 Å². The van der Waals surface area contributed by atoms with Crippen LogP contribution in [0, 0.1) is 0 Å². The minimum Gasteiger partial charge on any atom is -0.421 e. The molecule has 5 heteroatoms. The molecule has 0 atom stereocenters. The van der Waals surface area contributed by atoms with Gasteiger partial charge in [0.15, 0.2) is 5.78 Å². The fourth-order valence-electron chi connectivity index (χ4n) is 2.69. The van der Waals surface area contributed by atoms with Crippen LogP contribution in [0.5, 0.6) is 0 Å². The zero-order chi connectivity index (χ0) is 15.7. The first-order valence-electron chi connectivity index (χ1n) is 6.92. The predicted molar refractivity (Wildman–Crippen MR) is 77.2 cm³/mol. The molecule has 0 unspecified atom stereocenters. The Labute approximate surface area is 127 Å². The van der Waals surface area contributed by atoms with Crippen LogP contribution < -0.4 is 0 Å². The highest BCUT2D eigenvalue weighted by Gasteiger charge is 2.48. The number of hydrogen-bond donors (Lipinski definition) is 1. The van der Waals surface area contributed by atoms with Crippen LogP contribution in [-0.2, 0) is 20.2 Å². The molecule has 112 valence electrons. The first-order chi connectivity index (χ1) is 10.6. The van der Waals surface area contributed by atoms with Gasteiger partial charge in [-0.25, -0.2) is 5.26 Å². The fraction of sp³-hybridized carbons (Fsp3) is 0.176. The summed E-state index contributed by atoms with van der Waals surface area (Å²) in [5.74, 6) is -2.58. The van der Waals surface area contributed by atoms with Gasteiger partial charge in [-0.1, -0.05) is 55.5 Å². The van der Waals surface area contributed by atoms with Crippen LogP contribution in [0.3, 0.4) is 0 Å². The van der Waals surface area contributed by atoms with Gasteiger partial charge in [0.05, 0.1) is 0 Å². The number of fused-ring (bicyclic) bond motifs is 2. The Morgan fingerprint density at radius 3 is 2.00 bits per heavy atom. The fourth-order valence-corrected chi connectivity index (χ4v) is 2.69. The Hall–Kier alpha value is -2.50. The maximum absolute atomic E-state index is 12.6. The van der Waals surface area contributed by atoms with E-state index in [0.29, 0.717) is 22.3 Å². The molecule has 2 aromatic rings. The van der Waals surface area contributed by atoms with Gasteiger partial charge in [0.25, 0.3) is 5.79 Å². The second-order valence-electron chi connectivity index (χ2n) is 4.96. The van der Waals surface area contributed by atoms with Crippen molar-refractivity contribution in [2.75, 3.05) is 0 Å². The van der Waals surface area contributed by atoms with E-state index in [1.807, 2.05) is 0 Å². The van der Waals surface area contributed by atoms with Crippen LogP contribution in [0.4, 0.5) is 0 Å². The molecule has 3 rings (SSSR count). The molecular formula is C17H14O5. The first-order valence-corrected chi connectivity index (χ1v) is 6.92. The second kappa shape index (κ2) is 5.36. The molecule has 0 radical (unpaired) electrons. The van der Waals surface area contributed by atoms with Crippen molar-refractivity contribution in [1.82, 2.24) is 0 Å². The molecule has 0 aliphatic heterocycles. The summed E-state index contributed by atoms with van der Waals surface area (Å²) in [6, 6.07) is 13.2. The van der Waals surface area contributed by atoms with E-state index < -0.39 is 11.8 Å². The zero-order valence-corrected chi connectivity index (χ0v) is 11.9. The van der Waals surface area contributed by atoms with Gasteiger partial charge in [0.2, 0.25) is 0 Å². The summed E-state index contributed by atoms with van der Waals surface area (Å²) in [5, 5.41) is 9.58. The summed E-state index contributed by atoms with van der Waals surface area (Å²) in [4.78, 5) is 29.1. The molecule has 5 nitrogen and oxygen atoms in total. The van der Waals surface area contributed by atoms with Gasteiger partial charge in [0, 0.05) is 28.7 Å². The first kappa shape index (κ1) is 14.4. The van der Waals surface area contributed by atoms with Gasteiger partial charge in [-0.3, -0.25) is 9.59 Å². The van der Waals surface area contributed by atoms with E-state index in [2.05, 4.69) is 4.89 Å². The number of ether oxygens (including phenoxy) is 1.